The van der Waals surface area contributed by atoms with Gasteiger partial charge in [0.2, 0.25) is 5.91 Å². The highest BCUT2D eigenvalue weighted by Gasteiger charge is 2.12. The molecule has 3 aromatic rings. The quantitative estimate of drug-likeness (QED) is 0.463. The Morgan fingerprint density at radius 3 is 2.68 bits per heavy atom. The minimum Gasteiger partial charge on any atom is -0.459 e. The second-order valence-electron chi connectivity index (χ2n) is 5.73. The zero-order valence-electron chi connectivity index (χ0n) is 14.6. The van der Waals surface area contributed by atoms with E-state index in [-0.39, 0.29) is 30.6 Å². The summed E-state index contributed by atoms with van der Waals surface area (Å²) in [4.78, 5) is 39.4. The van der Waals surface area contributed by atoms with Crippen molar-refractivity contribution in [2.45, 2.75) is 6.61 Å². The Morgan fingerprint density at radius 2 is 1.89 bits per heavy atom. The van der Waals surface area contributed by atoms with Crippen molar-refractivity contribution in [1.29, 1.82) is 0 Å². The summed E-state index contributed by atoms with van der Waals surface area (Å²) < 4.78 is 10.0. The highest BCUT2D eigenvalue weighted by Crippen LogP contribution is 2.21. The molecule has 1 aromatic carbocycles. The number of ether oxygens (including phenoxy) is 1. The molecule has 2 N–H and O–H groups in total. The van der Waals surface area contributed by atoms with Crippen molar-refractivity contribution in [3.8, 4) is 0 Å². The van der Waals surface area contributed by atoms with Gasteiger partial charge in [-0.2, -0.15) is 0 Å². The zero-order valence-corrected chi connectivity index (χ0v) is 15.4. The van der Waals surface area contributed by atoms with Gasteiger partial charge in [0.25, 0.3) is 5.91 Å². The Hall–Kier alpha value is -3.39. The van der Waals surface area contributed by atoms with Gasteiger partial charge in [0.05, 0.1) is 18.3 Å². The summed E-state index contributed by atoms with van der Waals surface area (Å²) in [5.74, 6) is -1.62. The van der Waals surface area contributed by atoms with Gasteiger partial charge in [-0.1, -0.05) is 29.8 Å². The van der Waals surface area contributed by atoms with Gasteiger partial charge >= 0.3 is 5.97 Å². The lowest BCUT2D eigenvalue weighted by molar-refractivity contribution is -0.145. The molecule has 0 saturated heterocycles. The Balaban J connectivity index is 1.42. The van der Waals surface area contributed by atoms with Gasteiger partial charge in [0, 0.05) is 10.9 Å². The molecule has 0 spiro atoms. The molecule has 0 saturated carbocycles. The van der Waals surface area contributed by atoms with Gasteiger partial charge in [0.1, 0.15) is 18.3 Å². The highest BCUT2D eigenvalue weighted by molar-refractivity contribution is 6.30. The predicted octanol–water partition coefficient (Wildman–Crippen LogP) is 2.07. The smallest absolute Gasteiger partial charge is 0.325 e. The molecule has 0 aliphatic rings. The molecule has 8 nitrogen and oxygen atoms in total. The van der Waals surface area contributed by atoms with E-state index in [0.29, 0.717) is 5.56 Å². The Morgan fingerprint density at radius 1 is 1.07 bits per heavy atom. The number of halogens is 1. The SMILES string of the molecule is O=C(CNC(=O)c1ccco1)NCC(=O)OCc1cc2ccccc2nc1Cl. The van der Waals surface area contributed by atoms with Gasteiger partial charge in [-0.05, 0) is 24.3 Å². The lowest BCUT2D eigenvalue weighted by Crippen LogP contribution is -2.39. The van der Waals surface area contributed by atoms with E-state index >= 15 is 0 Å². The maximum atomic E-state index is 11.8. The van der Waals surface area contributed by atoms with E-state index in [1.54, 1.807) is 12.1 Å². The van der Waals surface area contributed by atoms with Crippen LogP contribution in [0.4, 0.5) is 0 Å². The molecule has 2 amide bonds. The monoisotopic (exact) mass is 401 g/mol. The molecule has 0 bridgehead atoms. The molecule has 28 heavy (non-hydrogen) atoms. The van der Waals surface area contributed by atoms with E-state index in [2.05, 4.69) is 15.6 Å². The Bertz CT molecular complexity index is 1000. The first-order chi connectivity index (χ1) is 13.5. The summed E-state index contributed by atoms with van der Waals surface area (Å²) in [6, 6.07) is 12.2. The lowest BCUT2D eigenvalue weighted by atomic mass is 10.2. The first-order valence-corrected chi connectivity index (χ1v) is 8.69. The van der Waals surface area contributed by atoms with E-state index in [1.807, 2.05) is 24.3 Å². The average molecular weight is 402 g/mol. The number of amides is 2. The number of nitrogens with zero attached hydrogens (tertiary/aromatic N) is 1. The molecule has 0 unspecified atom stereocenters. The number of rotatable bonds is 7. The molecule has 0 aliphatic carbocycles. The molecule has 0 atom stereocenters. The molecule has 3 rings (SSSR count). The second-order valence-corrected chi connectivity index (χ2v) is 6.09. The van der Waals surface area contributed by atoms with Crippen LogP contribution in [0.1, 0.15) is 16.1 Å². The first-order valence-electron chi connectivity index (χ1n) is 8.31. The third-order valence-corrected chi connectivity index (χ3v) is 4.05. The Kier molecular flexibility index (Phi) is 6.23. The van der Waals surface area contributed by atoms with Gasteiger partial charge in [0.15, 0.2) is 5.76 Å². The summed E-state index contributed by atoms with van der Waals surface area (Å²) in [7, 11) is 0. The number of benzene rings is 1. The highest BCUT2D eigenvalue weighted by atomic mass is 35.5. The number of hydrogen-bond acceptors (Lipinski definition) is 6. The third kappa shape index (κ3) is 5.08. The number of hydrogen-bond donors (Lipinski definition) is 2. The van der Waals surface area contributed by atoms with Crippen molar-refractivity contribution in [3.63, 3.8) is 0 Å². The molecular weight excluding hydrogens is 386 g/mol. The standard InChI is InChI=1S/C19H16ClN3O5/c20-18-13(8-12-4-1-2-5-14(12)23-18)11-28-17(25)10-21-16(24)9-22-19(26)15-6-3-7-27-15/h1-8H,9-11H2,(H,21,24)(H,22,26). The van der Waals surface area contributed by atoms with E-state index in [1.165, 1.54) is 12.3 Å². The first kappa shape index (κ1) is 19.4. The average Bonchev–Trinajstić information content (AvgIpc) is 3.23. The maximum Gasteiger partial charge on any atom is 0.325 e. The number of esters is 1. The predicted molar refractivity (Wildman–Crippen MR) is 101 cm³/mol. The Labute approximate surface area is 164 Å². The summed E-state index contributed by atoms with van der Waals surface area (Å²) >= 11 is 6.11. The van der Waals surface area contributed by atoms with Crippen molar-refractivity contribution in [2.24, 2.45) is 0 Å². The lowest BCUT2D eigenvalue weighted by Gasteiger charge is -2.09. The summed E-state index contributed by atoms with van der Waals surface area (Å²) in [6.07, 6.45) is 1.35. The van der Waals surface area contributed by atoms with Crippen LogP contribution in [0.25, 0.3) is 10.9 Å². The van der Waals surface area contributed by atoms with E-state index in [4.69, 9.17) is 20.8 Å². The van der Waals surface area contributed by atoms with Crippen LogP contribution in [0.15, 0.2) is 53.1 Å². The molecule has 2 heterocycles. The van der Waals surface area contributed by atoms with Crippen molar-refractivity contribution < 1.29 is 23.5 Å². The second kappa shape index (κ2) is 9.01. The van der Waals surface area contributed by atoms with Crippen LogP contribution in [-0.2, 0) is 20.9 Å². The molecular formula is C19H16ClN3O5. The number of furan rings is 1. The number of fused-ring (bicyclic) bond motifs is 1. The van der Waals surface area contributed by atoms with Crippen molar-refractivity contribution in [3.05, 3.63) is 65.2 Å². The summed E-state index contributed by atoms with van der Waals surface area (Å²) in [5, 5.41) is 5.84. The van der Waals surface area contributed by atoms with Crippen molar-refractivity contribution in [2.75, 3.05) is 13.1 Å². The summed E-state index contributed by atoms with van der Waals surface area (Å²) in [6.45, 7) is -0.706. The minimum atomic E-state index is -0.644. The molecule has 0 radical (unpaired) electrons. The molecule has 2 aromatic heterocycles. The van der Waals surface area contributed by atoms with Gasteiger partial charge < -0.3 is 19.8 Å². The number of carbonyl (C=O) groups excluding carboxylic acids is 3. The number of pyridine rings is 1. The van der Waals surface area contributed by atoms with Crippen LogP contribution in [0.3, 0.4) is 0 Å². The molecule has 144 valence electrons. The van der Waals surface area contributed by atoms with Gasteiger partial charge in [-0.3, -0.25) is 14.4 Å². The fourth-order valence-corrected chi connectivity index (χ4v) is 2.54. The molecule has 0 aliphatic heterocycles. The fourth-order valence-electron chi connectivity index (χ4n) is 2.34. The van der Waals surface area contributed by atoms with Crippen LogP contribution in [-0.4, -0.2) is 35.9 Å². The summed E-state index contributed by atoms with van der Waals surface area (Å²) in [5.41, 5.74) is 1.30. The largest absolute Gasteiger partial charge is 0.459 e. The number of aromatic nitrogens is 1. The minimum absolute atomic E-state index is 0.0688. The molecule has 0 fully saturated rings. The topological polar surface area (TPSA) is 111 Å². The number of carbonyl (C=O) groups is 3. The number of para-hydroxylation sites is 1. The van der Waals surface area contributed by atoms with E-state index < -0.39 is 17.8 Å². The zero-order chi connectivity index (χ0) is 19.9. The third-order valence-electron chi connectivity index (χ3n) is 3.72. The van der Waals surface area contributed by atoms with Crippen molar-refractivity contribution in [1.82, 2.24) is 15.6 Å². The van der Waals surface area contributed by atoms with Crippen LogP contribution >= 0.6 is 11.6 Å². The van der Waals surface area contributed by atoms with Crippen LogP contribution in [0.2, 0.25) is 5.15 Å². The van der Waals surface area contributed by atoms with Crippen LogP contribution < -0.4 is 10.6 Å². The van der Waals surface area contributed by atoms with E-state index in [9.17, 15) is 14.4 Å². The van der Waals surface area contributed by atoms with E-state index in [0.717, 1.165) is 10.9 Å². The van der Waals surface area contributed by atoms with Gasteiger partial charge in [-0.25, -0.2) is 4.98 Å². The number of nitrogens with one attached hydrogen (secondary N) is 2. The maximum absolute atomic E-state index is 11.8. The van der Waals surface area contributed by atoms with Gasteiger partial charge in [-0.15, -0.1) is 0 Å². The van der Waals surface area contributed by atoms with Crippen molar-refractivity contribution >= 4 is 40.3 Å². The fraction of sp³-hybridized carbons (Fsp3) is 0.158. The van der Waals surface area contributed by atoms with Crippen LogP contribution in [0.5, 0.6) is 0 Å². The molecule has 9 heteroatoms. The normalized spacial score (nSPS) is 10.5. The van der Waals surface area contributed by atoms with Crippen LogP contribution in [0, 0.1) is 0 Å².